The summed E-state index contributed by atoms with van der Waals surface area (Å²) in [4.78, 5) is 2.52. The van der Waals surface area contributed by atoms with Gasteiger partial charge in [-0.3, -0.25) is 0 Å². The summed E-state index contributed by atoms with van der Waals surface area (Å²) in [5.74, 6) is 2.06. The molecule has 1 heterocycles. The SMILES string of the molecule is C[C@H]1C[C@@H]2C[C@H]1CN2C. The Bertz CT molecular complexity index is 104. The molecule has 1 saturated carbocycles. The molecule has 2 bridgehead atoms. The van der Waals surface area contributed by atoms with E-state index in [1.807, 2.05) is 0 Å². The maximum absolute atomic E-state index is 2.52. The molecule has 0 amide bonds. The van der Waals surface area contributed by atoms with Crippen LogP contribution in [0.2, 0.25) is 0 Å². The zero-order chi connectivity index (χ0) is 6.43. The van der Waals surface area contributed by atoms with Crippen LogP contribution in [0.15, 0.2) is 0 Å². The second-order valence-corrected chi connectivity index (χ2v) is 3.80. The van der Waals surface area contributed by atoms with Crippen LogP contribution >= 0.6 is 0 Å². The van der Waals surface area contributed by atoms with Crippen LogP contribution in [-0.4, -0.2) is 24.5 Å². The van der Waals surface area contributed by atoms with Crippen molar-refractivity contribution >= 4 is 0 Å². The Kier molecular flexibility index (Phi) is 1.10. The van der Waals surface area contributed by atoms with Gasteiger partial charge in [0.15, 0.2) is 0 Å². The van der Waals surface area contributed by atoms with Crippen LogP contribution in [0.4, 0.5) is 0 Å². The molecule has 0 radical (unpaired) electrons. The van der Waals surface area contributed by atoms with Crippen molar-refractivity contribution in [2.45, 2.75) is 25.8 Å². The molecule has 3 atom stereocenters. The zero-order valence-electron chi connectivity index (χ0n) is 6.30. The number of nitrogens with zero attached hydrogens (tertiary/aromatic N) is 1. The fourth-order valence-corrected chi connectivity index (χ4v) is 2.43. The van der Waals surface area contributed by atoms with E-state index in [9.17, 15) is 0 Å². The van der Waals surface area contributed by atoms with Gasteiger partial charge in [-0.05, 0) is 31.7 Å². The Balaban J connectivity index is 2.10. The molecular weight excluding hydrogens is 110 g/mol. The average Bonchev–Trinajstić information content (AvgIpc) is 2.24. The lowest BCUT2D eigenvalue weighted by Gasteiger charge is -2.25. The van der Waals surface area contributed by atoms with Gasteiger partial charge in [0, 0.05) is 12.6 Å². The third-order valence-corrected chi connectivity index (χ3v) is 3.17. The molecule has 1 aliphatic carbocycles. The number of fused-ring (bicyclic) bond motifs is 2. The van der Waals surface area contributed by atoms with E-state index in [1.165, 1.54) is 19.4 Å². The minimum absolute atomic E-state index is 0.949. The highest BCUT2D eigenvalue weighted by molar-refractivity contribution is 4.93. The van der Waals surface area contributed by atoms with Crippen molar-refractivity contribution in [1.82, 2.24) is 4.90 Å². The quantitative estimate of drug-likeness (QED) is 0.472. The highest BCUT2D eigenvalue weighted by Crippen LogP contribution is 2.40. The van der Waals surface area contributed by atoms with Gasteiger partial charge in [0.25, 0.3) is 0 Å². The van der Waals surface area contributed by atoms with E-state index >= 15 is 0 Å². The largest absolute Gasteiger partial charge is 0.303 e. The molecule has 0 spiro atoms. The van der Waals surface area contributed by atoms with E-state index < -0.39 is 0 Å². The summed E-state index contributed by atoms with van der Waals surface area (Å²) in [6, 6.07) is 0.949. The second kappa shape index (κ2) is 1.72. The molecular formula is C8H15N. The Morgan fingerprint density at radius 2 is 2.11 bits per heavy atom. The van der Waals surface area contributed by atoms with Crippen molar-refractivity contribution in [1.29, 1.82) is 0 Å². The smallest absolute Gasteiger partial charge is 0.00981 e. The number of hydrogen-bond acceptors (Lipinski definition) is 1. The summed E-state index contributed by atoms with van der Waals surface area (Å²) in [5, 5.41) is 0. The molecule has 0 unspecified atom stereocenters. The minimum Gasteiger partial charge on any atom is -0.303 e. The van der Waals surface area contributed by atoms with Gasteiger partial charge in [-0.15, -0.1) is 0 Å². The van der Waals surface area contributed by atoms with Crippen molar-refractivity contribution in [2.75, 3.05) is 13.6 Å². The first-order chi connectivity index (χ1) is 4.27. The number of likely N-dealkylation sites (tertiary alicyclic amines) is 1. The second-order valence-electron chi connectivity index (χ2n) is 3.80. The summed E-state index contributed by atoms with van der Waals surface area (Å²) >= 11 is 0. The zero-order valence-corrected chi connectivity index (χ0v) is 6.30. The van der Waals surface area contributed by atoms with Crippen molar-refractivity contribution in [3.8, 4) is 0 Å². The van der Waals surface area contributed by atoms with E-state index in [-0.39, 0.29) is 0 Å². The molecule has 0 aromatic carbocycles. The van der Waals surface area contributed by atoms with Gasteiger partial charge in [0.2, 0.25) is 0 Å². The fraction of sp³-hybridized carbons (Fsp3) is 1.00. The fourth-order valence-electron chi connectivity index (χ4n) is 2.43. The van der Waals surface area contributed by atoms with Crippen LogP contribution in [0.1, 0.15) is 19.8 Å². The molecule has 2 aliphatic rings. The average molecular weight is 125 g/mol. The Labute approximate surface area is 57.0 Å². The van der Waals surface area contributed by atoms with Gasteiger partial charge in [-0.25, -0.2) is 0 Å². The van der Waals surface area contributed by atoms with Gasteiger partial charge in [0.05, 0.1) is 0 Å². The van der Waals surface area contributed by atoms with Gasteiger partial charge >= 0.3 is 0 Å². The van der Waals surface area contributed by atoms with Crippen LogP contribution in [0.25, 0.3) is 0 Å². The van der Waals surface area contributed by atoms with Gasteiger partial charge in [-0.2, -0.15) is 0 Å². The van der Waals surface area contributed by atoms with Crippen LogP contribution in [0, 0.1) is 11.8 Å². The summed E-state index contributed by atoms with van der Waals surface area (Å²) < 4.78 is 0. The molecule has 1 nitrogen and oxygen atoms in total. The monoisotopic (exact) mass is 125 g/mol. The Morgan fingerprint density at radius 3 is 2.44 bits per heavy atom. The first-order valence-corrected chi connectivity index (χ1v) is 3.97. The highest BCUT2D eigenvalue weighted by Gasteiger charge is 2.40. The molecule has 0 aromatic rings. The van der Waals surface area contributed by atoms with Crippen LogP contribution in [0.3, 0.4) is 0 Å². The van der Waals surface area contributed by atoms with Gasteiger partial charge < -0.3 is 4.90 Å². The normalized spacial score (nSPS) is 50.7. The summed E-state index contributed by atoms with van der Waals surface area (Å²) in [7, 11) is 2.26. The van der Waals surface area contributed by atoms with Crippen LogP contribution < -0.4 is 0 Å². The standard InChI is InChI=1S/C8H15N/c1-6-3-8-4-7(6)5-9(8)2/h6-8H,3-5H2,1-2H3/t6-,7-,8+/m0/s1. The molecule has 0 N–H and O–H groups in total. The van der Waals surface area contributed by atoms with E-state index in [0.29, 0.717) is 0 Å². The van der Waals surface area contributed by atoms with Gasteiger partial charge in [0.1, 0.15) is 0 Å². The topological polar surface area (TPSA) is 3.24 Å². The highest BCUT2D eigenvalue weighted by atomic mass is 15.2. The lowest BCUT2D eigenvalue weighted by atomic mass is 9.97. The third kappa shape index (κ3) is 0.710. The molecule has 2 rings (SSSR count). The van der Waals surface area contributed by atoms with E-state index in [4.69, 9.17) is 0 Å². The molecule has 52 valence electrons. The first kappa shape index (κ1) is 5.72. The van der Waals surface area contributed by atoms with Crippen molar-refractivity contribution in [3.05, 3.63) is 0 Å². The van der Waals surface area contributed by atoms with Crippen molar-refractivity contribution in [3.63, 3.8) is 0 Å². The van der Waals surface area contributed by atoms with Gasteiger partial charge in [-0.1, -0.05) is 6.92 Å². The van der Waals surface area contributed by atoms with Crippen molar-refractivity contribution < 1.29 is 0 Å². The van der Waals surface area contributed by atoms with E-state index in [0.717, 1.165) is 17.9 Å². The van der Waals surface area contributed by atoms with E-state index in [1.54, 1.807) is 0 Å². The molecule has 1 saturated heterocycles. The van der Waals surface area contributed by atoms with Crippen molar-refractivity contribution in [2.24, 2.45) is 11.8 Å². The predicted molar refractivity (Wildman–Crippen MR) is 38.3 cm³/mol. The molecule has 2 fully saturated rings. The minimum atomic E-state index is 0.949. The molecule has 1 heteroatoms. The van der Waals surface area contributed by atoms with Crippen LogP contribution in [-0.2, 0) is 0 Å². The summed E-state index contributed by atoms with van der Waals surface area (Å²) in [5.41, 5.74) is 0. The number of rotatable bonds is 0. The molecule has 1 aliphatic heterocycles. The third-order valence-electron chi connectivity index (χ3n) is 3.17. The summed E-state index contributed by atoms with van der Waals surface area (Å²) in [6.07, 6.45) is 2.94. The Morgan fingerprint density at radius 1 is 1.33 bits per heavy atom. The molecule has 9 heavy (non-hydrogen) atoms. The maximum atomic E-state index is 2.52. The van der Waals surface area contributed by atoms with Crippen LogP contribution in [0.5, 0.6) is 0 Å². The number of hydrogen-bond donors (Lipinski definition) is 0. The Hall–Kier alpha value is -0.0400. The van der Waals surface area contributed by atoms with E-state index in [2.05, 4.69) is 18.9 Å². The lowest BCUT2D eigenvalue weighted by molar-refractivity contribution is 0.219. The first-order valence-electron chi connectivity index (χ1n) is 3.97. The molecule has 0 aromatic heterocycles. The summed E-state index contributed by atoms with van der Waals surface area (Å²) in [6.45, 7) is 3.77. The number of piperidine rings is 1. The maximum Gasteiger partial charge on any atom is 0.00981 e. The lowest BCUT2D eigenvalue weighted by Crippen LogP contribution is -2.30. The predicted octanol–water partition coefficient (Wildman–Crippen LogP) is 1.35.